The molecule has 0 fully saturated rings. The largest absolute Gasteiger partial charge is 0.492 e. The van der Waals surface area contributed by atoms with Crippen molar-refractivity contribution >= 4 is 39.3 Å². The maximum Gasteiger partial charge on any atom is 0.264 e. The zero-order valence-electron chi connectivity index (χ0n) is 25.2. The fourth-order valence-electron chi connectivity index (χ4n) is 4.38. The van der Waals surface area contributed by atoms with E-state index in [2.05, 4.69) is 5.32 Å². The summed E-state index contributed by atoms with van der Waals surface area (Å²) in [6, 6.07) is 20.1. The zero-order chi connectivity index (χ0) is 30.9. The summed E-state index contributed by atoms with van der Waals surface area (Å²) in [4.78, 5) is 29.8. The Balaban J connectivity index is 2.08. The summed E-state index contributed by atoms with van der Waals surface area (Å²) in [5.74, 6) is -0.481. The molecular formula is C32H41N3O5S2. The highest BCUT2D eigenvalue weighted by molar-refractivity contribution is 7.98. The van der Waals surface area contributed by atoms with E-state index in [-0.39, 0.29) is 29.1 Å². The molecule has 3 aromatic rings. The Bertz CT molecular complexity index is 1460. The maximum absolute atomic E-state index is 14.2. The van der Waals surface area contributed by atoms with Gasteiger partial charge in [-0.25, -0.2) is 8.42 Å². The van der Waals surface area contributed by atoms with Crippen LogP contribution in [0.4, 0.5) is 5.69 Å². The molecule has 0 aromatic heterocycles. The van der Waals surface area contributed by atoms with Gasteiger partial charge in [0.2, 0.25) is 11.8 Å². The van der Waals surface area contributed by atoms with Crippen LogP contribution in [0.3, 0.4) is 0 Å². The van der Waals surface area contributed by atoms with Crippen molar-refractivity contribution in [3.63, 3.8) is 0 Å². The number of anilines is 1. The van der Waals surface area contributed by atoms with Gasteiger partial charge in [-0.3, -0.25) is 13.9 Å². The number of hydrogen-bond acceptors (Lipinski definition) is 6. The highest BCUT2D eigenvalue weighted by atomic mass is 32.2. The fraction of sp³-hybridized carbons (Fsp3) is 0.375. The van der Waals surface area contributed by atoms with Crippen LogP contribution >= 0.6 is 11.8 Å². The average Bonchev–Trinajstić information content (AvgIpc) is 2.98. The number of nitrogens with zero attached hydrogens (tertiary/aromatic N) is 2. The first-order valence-electron chi connectivity index (χ1n) is 14.1. The molecule has 10 heteroatoms. The summed E-state index contributed by atoms with van der Waals surface area (Å²) in [6.07, 6.45) is 2.65. The second kappa shape index (κ2) is 15.1. The van der Waals surface area contributed by atoms with Crippen LogP contribution in [0.5, 0.6) is 5.75 Å². The van der Waals surface area contributed by atoms with Gasteiger partial charge in [0.05, 0.1) is 17.2 Å². The third-order valence-electron chi connectivity index (χ3n) is 6.96. The van der Waals surface area contributed by atoms with E-state index in [0.29, 0.717) is 12.4 Å². The standard InChI is InChI=1S/C32H41N3O5S2/c1-7-24(4)33-32(37)25(5)34(21-26-13-11-12-23(3)20-26)31(36)22-35(29-14-9-10-15-30(29)40-8-2)42(38,39)28-18-16-27(41-6)17-19-28/h9-20,24-25H,7-8,21-22H2,1-6H3,(H,33,37). The fourth-order valence-corrected chi connectivity index (χ4v) is 6.22. The molecule has 1 N–H and O–H groups in total. The Morgan fingerprint density at radius 1 is 0.976 bits per heavy atom. The van der Waals surface area contributed by atoms with Gasteiger partial charge in [-0.1, -0.05) is 48.9 Å². The quantitative estimate of drug-likeness (QED) is 0.237. The summed E-state index contributed by atoms with van der Waals surface area (Å²) in [5, 5.41) is 2.95. The lowest BCUT2D eigenvalue weighted by Crippen LogP contribution is -2.52. The molecule has 0 saturated heterocycles. The van der Waals surface area contributed by atoms with Crippen LogP contribution in [-0.2, 0) is 26.2 Å². The number of hydrogen-bond donors (Lipinski definition) is 1. The molecule has 0 radical (unpaired) electrons. The number of carbonyl (C=O) groups excluding carboxylic acids is 2. The molecule has 2 amide bonds. The Hall–Kier alpha value is -3.50. The van der Waals surface area contributed by atoms with Gasteiger partial charge in [0.25, 0.3) is 10.0 Å². The van der Waals surface area contributed by atoms with Gasteiger partial charge in [0.15, 0.2) is 0 Å². The average molecular weight is 612 g/mol. The molecule has 0 aliphatic rings. The Morgan fingerprint density at radius 2 is 1.67 bits per heavy atom. The van der Waals surface area contributed by atoms with Gasteiger partial charge in [0.1, 0.15) is 18.3 Å². The number of nitrogens with one attached hydrogen (secondary N) is 1. The van der Waals surface area contributed by atoms with Crippen molar-refractivity contribution in [1.82, 2.24) is 10.2 Å². The number of para-hydroxylation sites is 2. The molecular weight excluding hydrogens is 571 g/mol. The van der Waals surface area contributed by atoms with Crippen LogP contribution in [0.2, 0.25) is 0 Å². The molecule has 2 atom stereocenters. The normalized spacial score (nSPS) is 12.7. The van der Waals surface area contributed by atoms with E-state index in [4.69, 9.17) is 4.74 Å². The van der Waals surface area contributed by atoms with Crippen molar-refractivity contribution in [3.8, 4) is 5.75 Å². The van der Waals surface area contributed by atoms with Gasteiger partial charge in [-0.15, -0.1) is 11.8 Å². The predicted octanol–water partition coefficient (Wildman–Crippen LogP) is 5.64. The molecule has 8 nitrogen and oxygen atoms in total. The number of aryl methyl sites for hydroxylation is 1. The topological polar surface area (TPSA) is 96.0 Å². The van der Waals surface area contributed by atoms with E-state index in [1.807, 2.05) is 58.2 Å². The van der Waals surface area contributed by atoms with E-state index >= 15 is 0 Å². The Labute approximate surface area is 254 Å². The zero-order valence-corrected chi connectivity index (χ0v) is 26.8. The van der Waals surface area contributed by atoms with Crippen molar-refractivity contribution < 1.29 is 22.7 Å². The van der Waals surface area contributed by atoms with Crippen LogP contribution in [0.15, 0.2) is 82.6 Å². The lowest BCUT2D eigenvalue weighted by atomic mass is 10.1. The molecule has 226 valence electrons. The number of ether oxygens (including phenoxy) is 1. The number of thioether (sulfide) groups is 1. The van der Waals surface area contributed by atoms with E-state index in [1.54, 1.807) is 43.3 Å². The van der Waals surface area contributed by atoms with Crippen molar-refractivity contribution in [2.45, 2.75) is 69.5 Å². The Morgan fingerprint density at radius 3 is 2.29 bits per heavy atom. The first-order chi connectivity index (χ1) is 20.0. The predicted molar refractivity (Wildman–Crippen MR) is 169 cm³/mol. The third-order valence-corrected chi connectivity index (χ3v) is 9.48. The molecule has 3 aromatic carbocycles. The van der Waals surface area contributed by atoms with E-state index in [0.717, 1.165) is 26.7 Å². The van der Waals surface area contributed by atoms with E-state index < -0.39 is 28.5 Å². The minimum Gasteiger partial charge on any atom is -0.492 e. The molecule has 0 bridgehead atoms. The summed E-state index contributed by atoms with van der Waals surface area (Å²) >= 11 is 1.50. The SMILES string of the molecule is CCOc1ccccc1N(CC(=O)N(Cc1cccc(C)c1)C(C)C(=O)NC(C)CC)S(=O)(=O)c1ccc(SC)cc1. The maximum atomic E-state index is 14.2. The molecule has 2 unspecified atom stereocenters. The van der Waals surface area contributed by atoms with Gasteiger partial charge < -0.3 is 15.0 Å². The van der Waals surface area contributed by atoms with Crippen LogP contribution in [-0.4, -0.2) is 56.6 Å². The number of sulfonamides is 1. The lowest BCUT2D eigenvalue weighted by Gasteiger charge is -2.33. The van der Waals surface area contributed by atoms with Gasteiger partial charge >= 0.3 is 0 Å². The second-order valence-corrected chi connectivity index (χ2v) is 12.8. The number of rotatable bonds is 14. The highest BCUT2D eigenvalue weighted by Crippen LogP contribution is 2.33. The summed E-state index contributed by atoms with van der Waals surface area (Å²) in [5.41, 5.74) is 2.09. The molecule has 3 rings (SSSR count). The van der Waals surface area contributed by atoms with Crippen LogP contribution < -0.4 is 14.4 Å². The van der Waals surface area contributed by atoms with Gasteiger partial charge in [-0.2, -0.15) is 0 Å². The van der Waals surface area contributed by atoms with Crippen molar-refractivity contribution in [3.05, 3.63) is 83.9 Å². The number of benzene rings is 3. The minimum absolute atomic E-state index is 0.0483. The third kappa shape index (κ3) is 8.29. The molecule has 0 spiro atoms. The van der Waals surface area contributed by atoms with Gasteiger partial charge in [0, 0.05) is 17.5 Å². The molecule has 0 aliphatic carbocycles. The minimum atomic E-state index is -4.20. The summed E-state index contributed by atoms with van der Waals surface area (Å²) in [6.45, 7) is 9.23. The van der Waals surface area contributed by atoms with Crippen LogP contribution in [0.1, 0.15) is 45.2 Å². The van der Waals surface area contributed by atoms with E-state index in [1.165, 1.54) is 28.8 Å². The summed E-state index contributed by atoms with van der Waals surface area (Å²) in [7, 11) is -4.20. The molecule has 0 saturated carbocycles. The molecule has 0 heterocycles. The van der Waals surface area contributed by atoms with Gasteiger partial charge in [-0.05, 0) is 82.3 Å². The van der Waals surface area contributed by atoms with Crippen LogP contribution in [0.25, 0.3) is 0 Å². The van der Waals surface area contributed by atoms with E-state index in [9.17, 15) is 18.0 Å². The molecule has 42 heavy (non-hydrogen) atoms. The first kappa shape index (κ1) is 33.0. The summed E-state index contributed by atoms with van der Waals surface area (Å²) < 4.78 is 35.2. The van der Waals surface area contributed by atoms with Crippen molar-refractivity contribution in [2.24, 2.45) is 0 Å². The first-order valence-corrected chi connectivity index (χ1v) is 16.7. The second-order valence-electron chi connectivity index (χ2n) is 10.1. The van der Waals surface area contributed by atoms with Crippen LogP contribution in [0, 0.1) is 6.92 Å². The highest BCUT2D eigenvalue weighted by Gasteiger charge is 2.34. The number of carbonyl (C=O) groups is 2. The smallest absolute Gasteiger partial charge is 0.264 e. The van der Waals surface area contributed by atoms with Crippen molar-refractivity contribution in [1.29, 1.82) is 0 Å². The number of amides is 2. The lowest BCUT2D eigenvalue weighted by molar-refractivity contribution is -0.139. The van der Waals surface area contributed by atoms with Crippen molar-refractivity contribution in [2.75, 3.05) is 23.7 Å². The monoisotopic (exact) mass is 611 g/mol. The molecule has 0 aliphatic heterocycles. The Kier molecular flexibility index (Phi) is 11.9.